The number of carbonyl (C=O) groups excluding carboxylic acids is 1. The number of aliphatic hydroxyl groups is 1. The summed E-state index contributed by atoms with van der Waals surface area (Å²) < 4.78 is 13.9. The number of hydrogen-bond acceptors (Lipinski definition) is 4. The van der Waals surface area contributed by atoms with E-state index < -0.39 is 0 Å². The van der Waals surface area contributed by atoms with Crippen molar-refractivity contribution < 1.29 is 14.3 Å². The van der Waals surface area contributed by atoms with E-state index in [-0.39, 0.29) is 29.6 Å². The molecular formula is C14H16FNO2S2. The molecule has 0 saturated carbocycles. The third-order valence-corrected chi connectivity index (χ3v) is 5.36. The minimum Gasteiger partial charge on any atom is -0.395 e. The van der Waals surface area contributed by atoms with Gasteiger partial charge in [0.05, 0.1) is 11.5 Å². The highest BCUT2D eigenvalue weighted by Gasteiger charge is 2.19. The molecule has 2 atom stereocenters. The van der Waals surface area contributed by atoms with Gasteiger partial charge in [-0.3, -0.25) is 4.79 Å². The fourth-order valence-electron chi connectivity index (χ4n) is 1.92. The molecule has 20 heavy (non-hydrogen) atoms. The largest absolute Gasteiger partial charge is 0.395 e. The fraction of sp³-hybridized carbons (Fsp3) is 0.357. The first-order valence-electron chi connectivity index (χ1n) is 6.18. The van der Waals surface area contributed by atoms with E-state index in [1.54, 1.807) is 12.1 Å². The number of thioether (sulfide) groups is 1. The van der Waals surface area contributed by atoms with E-state index in [4.69, 9.17) is 0 Å². The molecule has 3 nitrogen and oxygen atoms in total. The summed E-state index contributed by atoms with van der Waals surface area (Å²) >= 11 is 2.78. The molecule has 0 spiro atoms. The van der Waals surface area contributed by atoms with Gasteiger partial charge < -0.3 is 10.4 Å². The van der Waals surface area contributed by atoms with Crippen LogP contribution in [0.25, 0.3) is 10.1 Å². The maximum Gasteiger partial charge on any atom is 0.261 e. The Morgan fingerprint density at radius 3 is 2.90 bits per heavy atom. The number of aliphatic hydroxyl groups excluding tert-OH is 1. The topological polar surface area (TPSA) is 49.3 Å². The Bertz CT molecular complexity index is 610. The number of fused-ring (bicyclic) bond motifs is 1. The van der Waals surface area contributed by atoms with Crippen molar-refractivity contribution in [2.75, 3.05) is 12.9 Å². The quantitative estimate of drug-likeness (QED) is 0.892. The third-order valence-electron chi connectivity index (χ3n) is 3.11. The summed E-state index contributed by atoms with van der Waals surface area (Å²) in [5.74, 6) is -0.492. The first-order chi connectivity index (χ1) is 9.55. The van der Waals surface area contributed by atoms with Crippen molar-refractivity contribution in [3.63, 3.8) is 0 Å². The lowest BCUT2D eigenvalue weighted by Crippen LogP contribution is -2.40. The van der Waals surface area contributed by atoms with Gasteiger partial charge in [-0.05, 0) is 36.8 Å². The van der Waals surface area contributed by atoms with E-state index in [0.717, 1.165) is 10.1 Å². The van der Waals surface area contributed by atoms with E-state index >= 15 is 0 Å². The molecule has 6 heteroatoms. The lowest BCUT2D eigenvalue weighted by atomic mass is 10.2. The molecule has 1 aromatic heterocycles. The summed E-state index contributed by atoms with van der Waals surface area (Å²) in [7, 11) is 0. The lowest BCUT2D eigenvalue weighted by Gasteiger charge is -2.20. The van der Waals surface area contributed by atoms with Crippen LogP contribution in [-0.4, -0.2) is 35.2 Å². The summed E-state index contributed by atoms with van der Waals surface area (Å²) in [6, 6.07) is 6.10. The number of halogens is 1. The molecule has 0 aliphatic heterocycles. The predicted octanol–water partition coefficient (Wildman–Crippen LogP) is 2.88. The zero-order valence-corrected chi connectivity index (χ0v) is 12.9. The third kappa shape index (κ3) is 3.31. The van der Waals surface area contributed by atoms with E-state index in [2.05, 4.69) is 5.32 Å². The van der Waals surface area contributed by atoms with Gasteiger partial charge in [-0.25, -0.2) is 4.39 Å². The molecular weight excluding hydrogens is 297 g/mol. The molecule has 1 heterocycles. The molecule has 0 aliphatic rings. The van der Waals surface area contributed by atoms with E-state index in [0.29, 0.717) is 4.88 Å². The van der Waals surface area contributed by atoms with Gasteiger partial charge in [-0.2, -0.15) is 11.8 Å². The van der Waals surface area contributed by atoms with Crippen molar-refractivity contribution in [1.29, 1.82) is 0 Å². The molecule has 1 amide bonds. The van der Waals surface area contributed by atoms with Crippen LogP contribution in [0.5, 0.6) is 0 Å². The Balaban J connectivity index is 2.15. The number of carbonyl (C=O) groups is 1. The van der Waals surface area contributed by atoms with Crippen LogP contribution in [0, 0.1) is 5.82 Å². The summed E-state index contributed by atoms with van der Waals surface area (Å²) in [5, 5.41) is 12.9. The van der Waals surface area contributed by atoms with Gasteiger partial charge in [0, 0.05) is 16.0 Å². The molecule has 2 rings (SSSR count). The van der Waals surface area contributed by atoms with E-state index in [1.807, 2.05) is 13.2 Å². The molecule has 108 valence electrons. The average Bonchev–Trinajstić information content (AvgIpc) is 2.83. The number of nitrogens with one attached hydrogen (secondary N) is 1. The lowest BCUT2D eigenvalue weighted by molar-refractivity contribution is 0.0940. The van der Waals surface area contributed by atoms with Crippen LogP contribution in [0.4, 0.5) is 4.39 Å². The minimum absolute atomic E-state index is 0.0141. The monoisotopic (exact) mass is 313 g/mol. The van der Waals surface area contributed by atoms with Crippen molar-refractivity contribution in [2.45, 2.75) is 18.2 Å². The first-order valence-corrected chi connectivity index (χ1v) is 8.29. The molecule has 2 N–H and O–H groups in total. The first kappa shape index (κ1) is 15.3. The van der Waals surface area contributed by atoms with Crippen LogP contribution >= 0.6 is 23.1 Å². The Morgan fingerprint density at radius 1 is 1.50 bits per heavy atom. The van der Waals surface area contributed by atoms with Gasteiger partial charge in [0.25, 0.3) is 5.91 Å². The highest BCUT2D eigenvalue weighted by Crippen LogP contribution is 2.26. The van der Waals surface area contributed by atoms with Crippen molar-refractivity contribution in [2.24, 2.45) is 0 Å². The smallest absolute Gasteiger partial charge is 0.261 e. The molecule has 1 aromatic carbocycles. The number of hydrogen-bond donors (Lipinski definition) is 2. The molecule has 2 aromatic rings. The molecule has 2 unspecified atom stereocenters. The molecule has 0 saturated heterocycles. The van der Waals surface area contributed by atoms with Crippen LogP contribution in [0.3, 0.4) is 0 Å². The van der Waals surface area contributed by atoms with Crippen LogP contribution in [0.15, 0.2) is 24.3 Å². The Labute approximate surface area is 125 Å². The summed E-state index contributed by atoms with van der Waals surface area (Å²) in [5.41, 5.74) is 0. The fourth-order valence-corrected chi connectivity index (χ4v) is 3.54. The zero-order chi connectivity index (χ0) is 14.7. The number of rotatable bonds is 5. The van der Waals surface area contributed by atoms with E-state index in [1.165, 1.54) is 35.2 Å². The van der Waals surface area contributed by atoms with Gasteiger partial charge in [-0.15, -0.1) is 11.3 Å². The summed E-state index contributed by atoms with van der Waals surface area (Å²) in [6.45, 7) is 1.88. The zero-order valence-electron chi connectivity index (χ0n) is 11.2. The standard InChI is InChI=1S/C14H16FNO2S2/c1-8(13(7-17)19-2)16-14(18)12-5-9-3-4-10(15)6-11(9)20-12/h3-6,8,13,17H,7H2,1-2H3,(H,16,18). The maximum atomic E-state index is 13.1. The Morgan fingerprint density at radius 2 is 2.25 bits per heavy atom. The maximum absolute atomic E-state index is 13.1. The second-order valence-corrected chi connectivity index (χ2v) is 6.67. The van der Waals surface area contributed by atoms with Crippen molar-refractivity contribution in [3.05, 3.63) is 35.0 Å². The normalized spacial score (nSPS) is 14.2. The van der Waals surface area contributed by atoms with Gasteiger partial charge >= 0.3 is 0 Å². The molecule has 0 fully saturated rings. The molecule has 0 aliphatic carbocycles. The number of thiophene rings is 1. The Kier molecular flexibility index (Phi) is 5.01. The number of benzene rings is 1. The summed E-state index contributed by atoms with van der Waals surface area (Å²) in [4.78, 5) is 12.7. The second kappa shape index (κ2) is 6.56. The van der Waals surface area contributed by atoms with Crippen LogP contribution < -0.4 is 5.32 Å². The molecule has 0 radical (unpaired) electrons. The predicted molar refractivity (Wildman–Crippen MR) is 83.1 cm³/mol. The SMILES string of the molecule is CSC(CO)C(C)NC(=O)c1cc2ccc(F)cc2s1. The highest BCUT2D eigenvalue weighted by molar-refractivity contribution is 7.99. The number of amides is 1. The minimum atomic E-state index is -0.303. The van der Waals surface area contributed by atoms with Crippen molar-refractivity contribution >= 4 is 39.1 Å². The Hall–Kier alpha value is -1.11. The van der Waals surface area contributed by atoms with Crippen molar-refractivity contribution in [1.82, 2.24) is 5.32 Å². The molecule has 0 bridgehead atoms. The van der Waals surface area contributed by atoms with Crippen molar-refractivity contribution in [3.8, 4) is 0 Å². The van der Waals surface area contributed by atoms with Gasteiger partial charge in [0.2, 0.25) is 0 Å². The van der Waals surface area contributed by atoms with E-state index in [9.17, 15) is 14.3 Å². The van der Waals surface area contributed by atoms with Crippen LogP contribution in [0.2, 0.25) is 0 Å². The van der Waals surface area contributed by atoms with Crippen LogP contribution in [-0.2, 0) is 0 Å². The van der Waals surface area contributed by atoms with Gasteiger partial charge in [0.15, 0.2) is 0 Å². The summed E-state index contributed by atoms with van der Waals surface area (Å²) in [6.07, 6.45) is 1.89. The second-order valence-electron chi connectivity index (χ2n) is 4.51. The average molecular weight is 313 g/mol. The van der Waals surface area contributed by atoms with Gasteiger partial charge in [0.1, 0.15) is 5.82 Å². The van der Waals surface area contributed by atoms with Crippen LogP contribution in [0.1, 0.15) is 16.6 Å². The highest BCUT2D eigenvalue weighted by atomic mass is 32.2. The van der Waals surface area contributed by atoms with Gasteiger partial charge in [-0.1, -0.05) is 6.07 Å².